The number of carboxylic acid groups (broad SMARTS) is 1. The summed E-state index contributed by atoms with van der Waals surface area (Å²) in [5, 5.41) is 13.3. The number of anilines is 1. The second kappa shape index (κ2) is 7.47. The molecule has 2 atom stereocenters. The molecule has 0 radical (unpaired) electrons. The predicted molar refractivity (Wildman–Crippen MR) is 79.5 cm³/mol. The van der Waals surface area contributed by atoms with Gasteiger partial charge in [0.1, 0.15) is 6.04 Å². The van der Waals surface area contributed by atoms with Gasteiger partial charge in [0.05, 0.1) is 10.0 Å². The molecule has 21 heavy (non-hydrogen) atoms. The molecule has 0 aromatic heterocycles. The van der Waals surface area contributed by atoms with Crippen molar-refractivity contribution in [3.63, 3.8) is 0 Å². The quantitative estimate of drug-likeness (QED) is 0.716. The summed E-state index contributed by atoms with van der Waals surface area (Å²) in [6.45, 7) is 3.53. The summed E-state index contributed by atoms with van der Waals surface area (Å²) in [6.07, 6.45) is 0.589. The Balaban J connectivity index is 2.79. The Kier molecular flexibility index (Phi) is 6.23. The molecule has 0 saturated heterocycles. The molecule has 0 heterocycles. The summed E-state index contributed by atoms with van der Waals surface area (Å²) in [4.78, 5) is 22.9. The molecule has 0 saturated carbocycles. The van der Waals surface area contributed by atoms with Crippen molar-refractivity contribution in [2.75, 3.05) is 5.32 Å². The van der Waals surface area contributed by atoms with E-state index >= 15 is 0 Å². The number of carboxylic acids is 1. The third-order valence-electron chi connectivity index (χ3n) is 3.01. The van der Waals surface area contributed by atoms with Crippen molar-refractivity contribution in [3.05, 3.63) is 28.0 Å². The number of aliphatic carboxylic acids is 1. The minimum absolute atomic E-state index is 0.164. The monoisotopic (exact) mass is 336 g/mol. The summed E-state index contributed by atoms with van der Waals surface area (Å²) >= 11 is 11.2. The highest BCUT2D eigenvalue weighted by molar-refractivity contribution is 6.35. The molecular formula is C13H15Cl2FN2O3. The second-order valence-electron chi connectivity index (χ2n) is 4.55. The summed E-state index contributed by atoms with van der Waals surface area (Å²) in [7, 11) is 0. The fraction of sp³-hybridized carbons (Fsp3) is 0.385. The van der Waals surface area contributed by atoms with Crippen LogP contribution in [-0.4, -0.2) is 23.1 Å². The van der Waals surface area contributed by atoms with Crippen molar-refractivity contribution in [1.29, 1.82) is 0 Å². The molecule has 0 spiro atoms. The second-order valence-corrected chi connectivity index (χ2v) is 5.37. The first-order valence-corrected chi connectivity index (χ1v) is 6.96. The average Bonchev–Trinajstić information content (AvgIpc) is 2.40. The molecule has 8 heteroatoms. The molecule has 5 nitrogen and oxygen atoms in total. The van der Waals surface area contributed by atoms with E-state index in [1.807, 2.05) is 6.92 Å². The minimum Gasteiger partial charge on any atom is -0.480 e. The van der Waals surface area contributed by atoms with Gasteiger partial charge in [0.2, 0.25) is 0 Å². The smallest absolute Gasteiger partial charge is 0.326 e. The van der Waals surface area contributed by atoms with E-state index in [2.05, 4.69) is 10.6 Å². The first kappa shape index (κ1) is 17.5. The number of carbonyl (C=O) groups excluding carboxylic acids is 1. The maximum atomic E-state index is 13.2. The Hall–Kier alpha value is -1.53. The lowest BCUT2D eigenvalue weighted by Crippen LogP contribution is -2.46. The first-order valence-electron chi connectivity index (χ1n) is 6.21. The molecule has 0 bridgehead atoms. The van der Waals surface area contributed by atoms with Gasteiger partial charge in [-0.05, 0) is 18.1 Å². The van der Waals surface area contributed by atoms with Gasteiger partial charge in [-0.1, -0.05) is 43.5 Å². The maximum absolute atomic E-state index is 13.2. The molecular weight excluding hydrogens is 322 g/mol. The molecule has 0 unspecified atom stereocenters. The molecule has 0 aliphatic heterocycles. The third-order valence-corrected chi connectivity index (χ3v) is 3.56. The summed E-state index contributed by atoms with van der Waals surface area (Å²) < 4.78 is 13.2. The Morgan fingerprint density at radius 2 is 1.86 bits per heavy atom. The van der Waals surface area contributed by atoms with Crippen LogP contribution in [0.5, 0.6) is 0 Å². The number of hydrogen-bond acceptors (Lipinski definition) is 2. The van der Waals surface area contributed by atoms with Crippen LogP contribution >= 0.6 is 23.2 Å². The van der Waals surface area contributed by atoms with E-state index in [0.29, 0.717) is 6.42 Å². The van der Waals surface area contributed by atoms with Crippen LogP contribution in [0.25, 0.3) is 0 Å². The van der Waals surface area contributed by atoms with Crippen molar-refractivity contribution >= 4 is 40.9 Å². The van der Waals surface area contributed by atoms with E-state index in [1.165, 1.54) is 12.1 Å². The van der Waals surface area contributed by atoms with Crippen molar-refractivity contribution in [2.24, 2.45) is 5.92 Å². The van der Waals surface area contributed by atoms with Crippen LogP contribution in [-0.2, 0) is 4.79 Å². The van der Waals surface area contributed by atoms with E-state index in [0.717, 1.165) is 0 Å². The topological polar surface area (TPSA) is 78.4 Å². The van der Waals surface area contributed by atoms with Crippen molar-refractivity contribution in [1.82, 2.24) is 5.32 Å². The van der Waals surface area contributed by atoms with Crippen molar-refractivity contribution in [3.8, 4) is 0 Å². The molecule has 1 aromatic carbocycles. The fourth-order valence-electron chi connectivity index (χ4n) is 1.62. The van der Waals surface area contributed by atoms with Gasteiger partial charge >= 0.3 is 12.0 Å². The lowest BCUT2D eigenvalue weighted by Gasteiger charge is -2.20. The van der Waals surface area contributed by atoms with Gasteiger partial charge in [-0.2, -0.15) is 0 Å². The van der Waals surface area contributed by atoms with E-state index in [1.54, 1.807) is 6.92 Å². The molecule has 0 aliphatic rings. The van der Waals surface area contributed by atoms with Gasteiger partial charge in [0.15, 0.2) is 5.82 Å². The van der Waals surface area contributed by atoms with Gasteiger partial charge in [0, 0.05) is 5.69 Å². The minimum atomic E-state index is -1.13. The predicted octanol–water partition coefficient (Wildman–Crippen LogP) is 3.75. The highest BCUT2D eigenvalue weighted by atomic mass is 35.5. The first-order chi connectivity index (χ1) is 9.76. The zero-order valence-electron chi connectivity index (χ0n) is 11.4. The van der Waals surface area contributed by atoms with Gasteiger partial charge in [-0.25, -0.2) is 14.0 Å². The molecule has 0 fully saturated rings. The average molecular weight is 337 g/mol. The zero-order chi connectivity index (χ0) is 16.2. The van der Waals surface area contributed by atoms with Gasteiger partial charge in [-0.15, -0.1) is 0 Å². The highest BCUT2D eigenvalue weighted by Crippen LogP contribution is 2.27. The van der Waals surface area contributed by atoms with E-state index in [-0.39, 0.29) is 21.7 Å². The van der Waals surface area contributed by atoms with Gasteiger partial charge in [0.25, 0.3) is 0 Å². The number of nitrogens with one attached hydrogen (secondary N) is 2. The number of hydrogen-bond donors (Lipinski definition) is 3. The molecule has 3 N–H and O–H groups in total. The fourth-order valence-corrected chi connectivity index (χ4v) is 2.11. The van der Waals surface area contributed by atoms with E-state index < -0.39 is 23.9 Å². The zero-order valence-corrected chi connectivity index (χ0v) is 12.9. The summed E-state index contributed by atoms with van der Waals surface area (Å²) in [6, 6.07) is 0.603. The largest absolute Gasteiger partial charge is 0.480 e. The summed E-state index contributed by atoms with van der Waals surface area (Å²) in [5.41, 5.74) is 0.164. The van der Waals surface area contributed by atoms with Crippen molar-refractivity contribution < 1.29 is 19.1 Å². The number of urea groups is 1. The van der Waals surface area contributed by atoms with Crippen LogP contribution in [0.2, 0.25) is 10.0 Å². The summed E-state index contributed by atoms with van der Waals surface area (Å²) in [5.74, 6) is -2.16. The van der Waals surface area contributed by atoms with Crippen molar-refractivity contribution in [2.45, 2.75) is 26.3 Å². The number of carbonyl (C=O) groups is 2. The third kappa shape index (κ3) is 4.75. The van der Waals surface area contributed by atoms with E-state index in [4.69, 9.17) is 28.3 Å². The van der Waals surface area contributed by atoms with Crippen LogP contribution < -0.4 is 10.6 Å². The standard InChI is InChI=1S/C13H15Cl2FN2O3/c1-3-6(2)11(12(19)20)18-13(21)17-7-4-8(14)10(16)9(15)5-7/h4-6,11H,3H2,1-2H3,(H,19,20)(H2,17,18,21)/t6-,11-/m0/s1. The van der Waals surface area contributed by atoms with Crippen LogP contribution in [0.15, 0.2) is 12.1 Å². The van der Waals surface area contributed by atoms with Crippen LogP contribution in [0.1, 0.15) is 20.3 Å². The Labute approximate surface area is 131 Å². The van der Waals surface area contributed by atoms with Gasteiger partial charge < -0.3 is 15.7 Å². The van der Waals surface area contributed by atoms with Gasteiger partial charge in [-0.3, -0.25) is 0 Å². The van der Waals surface area contributed by atoms with Crippen LogP contribution in [0.4, 0.5) is 14.9 Å². The Bertz CT molecular complexity index is 531. The van der Waals surface area contributed by atoms with E-state index in [9.17, 15) is 14.0 Å². The molecule has 116 valence electrons. The molecule has 0 aliphatic carbocycles. The lowest BCUT2D eigenvalue weighted by molar-refractivity contribution is -0.140. The number of amides is 2. The van der Waals surface area contributed by atoms with Crippen LogP contribution in [0.3, 0.4) is 0 Å². The Morgan fingerprint density at radius 1 is 1.33 bits per heavy atom. The normalized spacial score (nSPS) is 13.4. The number of rotatable bonds is 5. The molecule has 1 rings (SSSR count). The molecule has 2 amide bonds. The lowest BCUT2D eigenvalue weighted by atomic mass is 9.99. The Morgan fingerprint density at radius 3 is 2.29 bits per heavy atom. The maximum Gasteiger partial charge on any atom is 0.326 e. The SMILES string of the molecule is CC[C@H](C)[C@H](NC(=O)Nc1cc(Cl)c(F)c(Cl)c1)C(=O)O. The number of halogens is 3. The highest BCUT2D eigenvalue weighted by Gasteiger charge is 2.25. The van der Waals surface area contributed by atoms with Crippen LogP contribution in [0, 0.1) is 11.7 Å². The molecule has 1 aromatic rings. The number of benzene rings is 1.